The summed E-state index contributed by atoms with van der Waals surface area (Å²) in [4.78, 5) is 13.1. The van der Waals surface area contributed by atoms with Crippen LogP contribution in [0.3, 0.4) is 0 Å². The van der Waals surface area contributed by atoms with E-state index in [0.717, 1.165) is 48.0 Å². The van der Waals surface area contributed by atoms with Crippen LogP contribution in [0.15, 0.2) is 66.7 Å². The molecule has 1 aliphatic carbocycles. The predicted octanol–water partition coefficient (Wildman–Crippen LogP) is 6.39. The first-order valence-corrected chi connectivity index (χ1v) is 13.6. The number of hydrogen-bond acceptors (Lipinski definition) is 4. The van der Waals surface area contributed by atoms with Gasteiger partial charge in [-0.05, 0) is 67.4 Å². The summed E-state index contributed by atoms with van der Waals surface area (Å²) in [5, 5.41) is 9.69. The Balaban J connectivity index is 1.09. The molecule has 0 aromatic heterocycles. The highest BCUT2D eigenvalue weighted by atomic mass is 35.5. The summed E-state index contributed by atoms with van der Waals surface area (Å²) in [5.74, 6) is 2.07. The van der Waals surface area contributed by atoms with Gasteiger partial charge in [0.05, 0.1) is 13.0 Å². The van der Waals surface area contributed by atoms with E-state index in [1.165, 1.54) is 23.1 Å². The van der Waals surface area contributed by atoms with Crippen molar-refractivity contribution in [1.29, 1.82) is 0 Å². The Labute approximate surface area is 223 Å². The maximum atomic E-state index is 10.9. The topological polar surface area (TPSA) is 59.0 Å². The average Bonchev–Trinajstić information content (AvgIpc) is 3.65. The molecule has 2 heterocycles. The van der Waals surface area contributed by atoms with Crippen molar-refractivity contribution in [3.63, 3.8) is 0 Å². The zero-order valence-electron chi connectivity index (χ0n) is 20.9. The van der Waals surface area contributed by atoms with Gasteiger partial charge < -0.3 is 19.5 Å². The molecule has 0 radical (unpaired) electrons. The normalized spacial score (nSPS) is 21.9. The lowest BCUT2D eigenvalue weighted by atomic mass is 9.74. The largest absolute Gasteiger partial charge is 0.492 e. The lowest BCUT2D eigenvalue weighted by Gasteiger charge is -2.38. The number of carbonyl (C=O) groups is 1. The Kier molecular flexibility index (Phi) is 6.60. The quantitative estimate of drug-likeness (QED) is 0.375. The van der Waals surface area contributed by atoms with Crippen LogP contribution in [0.1, 0.15) is 59.8 Å². The van der Waals surface area contributed by atoms with E-state index in [2.05, 4.69) is 53.4 Å². The molecule has 2 fully saturated rings. The van der Waals surface area contributed by atoms with Crippen molar-refractivity contribution in [1.82, 2.24) is 4.90 Å². The first-order chi connectivity index (χ1) is 18.0. The molecular weight excluding hydrogens is 486 g/mol. The van der Waals surface area contributed by atoms with Crippen molar-refractivity contribution >= 4 is 17.6 Å². The average molecular weight is 518 g/mol. The highest BCUT2D eigenvalue weighted by molar-refractivity contribution is 6.31. The zero-order valence-corrected chi connectivity index (χ0v) is 21.6. The Morgan fingerprint density at radius 2 is 1.81 bits per heavy atom. The van der Waals surface area contributed by atoms with Crippen LogP contribution >= 0.6 is 11.6 Å². The predicted molar refractivity (Wildman–Crippen MR) is 144 cm³/mol. The fraction of sp³-hybridized carbons (Fsp3) is 0.387. The standard InChI is InChI=1S/C31H32ClNO4/c32-28-9-6-22(26-18-25(26)21-4-2-1-3-5-21)16-23(28)19-36-24-7-8-27-29(17-24)37-20-31(27)11-14-33(15-12-31)13-10-30(34)35/h1-9,16-17,25-26H,10-15,18-20H2,(H,34,35)/t25-,26?/m0/s1. The van der Waals surface area contributed by atoms with Crippen molar-refractivity contribution in [3.8, 4) is 11.5 Å². The molecule has 6 rings (SSSR count). The van der Waals surface area contributed by atoms with Crippen molar-refractivity contribution in [2.24, 2.45) is 0 Å². The second kappa shape index (κ2) is 10.0. The SMILES string of the molecule is O=C(O)CCN1CCC2(CC1)COc1cc(OCc3cc(C4C[C@H]4c4ccccc4)ccc3Cl)ccc12. The molecule has 0 bridgehead atoms. The minimum absolute atomic E-state index is 0.0186. The van der Waals surface area contributed by atoms with Gasteiger partial charge in [-0.3, -0.25) is 4.79 Å². The molecule has 2 atom stereocenters. The molecule has 37 heavy (non-hydrogen) atoms. The Hall–Kier alpha value is -3.02. The molecule has 1 saturated carbocycles. The molecular formula is C31H32ClNO4. The fourth-order valence-corrected chi connectivity index (χ4v) is 6.22. The van der Waals surface area contributed by atoms with Gasteiger partial charge in [-0.25, -0.2) is 0 Å². The highest BCUT2D eigenvalue weighted by Gasteiger charge is 2.43. The van der Waals surface area contributed by atoms with E-state index in [1.54, 1.807) is 0 Å². The fourth-order valence-electron chi connectivity index (χ4n) is 6.04. The minimum Gasteiger partial charge on any atom is -0.492 e. The third kappa shape index (κ3) is 5.07. The molecule has 3 aliphatic rings. The van der Waals surface area contributed by atoms with Crippen molar-refractivity contribution < 1.29 is 19.4 Å². The second-order valence-electron chi connectivity index (χ2n) is 10.7. The number of ether oxygens (including phenoxy) is 2. The van der Waals surface area contributed by atoms with Gasteiger partial charge in [0, 0.05) is 34.2 Å². The van der Waals surface area contributed by atoms with Gasteiger partial charge >= 0.3 is 5.97 Å². The molecule has 2 aliphatic heterocycles. The number of likely N-dealkylation sites (tertiary alicyclic amines) is 1. The summed E-state index contributed by atoms with van der Waals surface area (Å²) in [5.41, 5.74) is 5.00. The van der Waals surface area contributed by atoms with Crippen molar-refractivity contribution in [2.45, 2.75) is 49.5 Å². The van der Waals surface area contributed by atoms with Crippen LogP contribution in [-0.2, 0) is 16.8 Å². The monoisotopic (exact) mass is 517 g/mol. The summed E-state index contributed by atoms with van der Waals surface area (Å²) in [7, 11) is 0. The number of benzene rings is 3. The summed E-state index contributed by atoms with van der Waals surface area (Å²) in [6.45, 7) is 3.50. The van der Waals surface area contributed by atoms with E-state index in [9.17, 15) is 4.79 Å². The lowest BCUT2D eigenvalue weighted by Crippen LogP contribution is -2.44. The van der Waals surface area contributed by atoms with Crippen molar-refractivity contribution in [3.05, 3.63) is 94.0 Å². The third-order valence-corrected chi connectivity index (χ3v) is 8.76. The molecule has 192 valence electrons. The van der Waals surface area contributed by atoms with E-state index in [4.69, 9.17) is 26.2 Å². The smallest absolute Gasteiger partial charge is 0.304 e. The van der Waals surface area contributed by atoms with E-state index in [1.807, 2.05) is 18.2 Å². The molecule has 3 aromatic carbocycles. The van der Waals surface area contributed by atoms with Gasteiger partial charge in [0.1, 0.15) is 18.1 Å². The van der Waals surface area contributed by atoms with E-state index >= 15 is 0 Å². The van der Waals surface area contributed by atoms with Crippen LogP contribution in [0.2, 0.25) is 5.02 Å². The van der Waals surface area contributed by atoms with Gasteiger partial charge in [0.15, 0.2) is 0 Å². The van der Waals surface area contributed by atoms with E-state index in [-0.39, 0.29) is 11.8 Å². The number of aliphatic carboxylic acids is 1. The van der Waals surface area contributed by atoms with Crippen LogP contribution in [0.25, 0.3) is 0 Å². The van der Waals surface area contributed by atoms with Crippen LogP contribution in [0, 0.1) is 0 Å². The van der Waals surface area contributed by atoms with Crippen LogP contribution < -0.4 is 9.47 Å². The molecule has 1 saturated heterocycles. The summed E-state index contributed by atoms with van der Waals surface area (Å²) in [6.07, 6.45) is 3.33. The molecule has 1 N–H and O–H groups in total. The third-order valence-electron chi connectivity index (χ3n) is 8.39. The summed E-state index contributed by atoms with van der Waals surface area (Å²) < 4.78 is 12.3. The number of carboxylic acid groups (broad SMARTS) is 1. The lowest BCUT2D eigenvalue weighted by molar-refractivity contribution is -0.137. The van der Waals surface area contributed by atoms with Gasteiger partial charge in [-0.2, -0.15) is 0 Å². The van der Waals surface area contributed by atoms with E-state index in [0.29, 0.717) is 31.6 Å². The Morgan fingerprint density at radius 1 is 1.03 bits per heavy atom. The van der Waals surface area contributed by atoms with Gasteiger partial charge in [0.25, 0.3) is 0 Å². The summed E-state index contributed by atoms with van der Waals surface area (Å²) >= 11 is 6.54. The maximum Gasteiger partial charge on any atom is 0.304 e. The van der Waals surface area contributed by atoms with Crippen LogP contribution in [0.5, 0.6) is 11.5 Å². The van der Waals surface area contributed by atoms with Crippen LogP contribution in [-0.4, -0.2) is 42.2 Å². The molecule has 0 amide bonds. The number of piperidine rings is 1. The Morgan fingerprint density at radius 3 is 2.59 bits per heavy atom. The molecule has 1 unspecified atom stereocenters. The zero-order chi connectivity index (χ0) is 25.4. The van der Waals surface area contributed by atoms with Gasteiger partial charge in [-0.1, -0.05) is 60.1 Å². The Bertz CT molecular complexity index is 1290. The summed E-state index contributed by atoms with van der Waals surface area (Å²) in [6, 6.07) is 23.3. The number of halogens is 1. The number of rotatable bonds is 8. The van der Waals surface area contributed by atoms with E-state index < -0.39 is 5.97 Å². The highest BCUT2D eigenvalue weighted by Crippen LogP contribution is 2.55. The molecule has 3 aromatic rings. The first kappa shape index (κ1) is 24.3. The van der Waals surface area contributed by atoms with Gasteiger partial charge in [-0.15, -0.1) is 0 Å². The molecule has 1 spiro atoms. The maximum absolute atomic E-state index is 10.9. The molecule has 5 nitrogen and oxygen atoms in total. The number of fused-ring (bicyclic) bond motifs is 2. The van der Waals surface area contributed by atoms with Gasteiger partial charge in [0.2, 0.25) is 0 Å². The van der Waals surface area contributed by atoms with Crippen molar-refractivity contribution in [2.75, 3.05) is 26.2 Å². The number of carboxylic acids is 1. The first-order valence-electron chi connectivity index (χ1n) is 13.2. The second-order valence-corrected chi connectivity index (χ2v) is 11.1. The number of nitrogens with zero attached hydrogens (tertiary/aromatic N) is 1. The number of hydrogen-bond donors (Lipinski definition) is 1. The minimum atomic E-state index is -0.737. The van der Waals surface area contributed by atoms with Crippen LogP contribution in [0.4, 0.5) is 0 Å². The molecule has 6 heteroatoms.